The molecule has 0 atom stereocenters. The highest BCUT2D eigenvalue weighted by molar-refractivity contribution is 9.10. The van der Waals surface area contributed by atoms with Crippen molar-refractivity contribution < 1.29 is 5.11 Å². The Bertz CT molecular complexity index is 234. The zero-order valence-corrected chi connectivity index (χ0v) is 9.70. The lowest BCUT2D eigenvalue weighted by Gasteiger charge is -2.16. The Hall–Kier alpha value is -0.380. The average molecular weight is 258 g/mol. The van der Waals surface area contributed by atoms with Gasteiger partial charge in [-0.25, -0.2) is 0 Å². The van der Waals surface area contributed by atoms with Gasteiger partial charge in [0, 0.05) is 4.47 Å². The number of aliphatic hydroxyl groups is 1. The first-order valence-corrected chi connectivity index (χ1v) is 5.67. The van der Waals surface area contributed by atoms with Gasteiger partial charge in [0.15, 0.2) is 0 Å². The van der Waals surface area contributed by atoms with Crippen molar-refractivity contribution in [1.82, 2.24) is 5.32 Å². The zero-order valence-electron chi connectivity index (χ0n) is 8.12. The number of halogens is 1. The van der Waals surface area contributed by atoms with Crippen LogP contribution in [-0.2, 0) is 0 Å². The molecule has 1 aliphatic heterocycles. The van der Waals surface area contributed by atoms with Crippen molar-refractivity contribution >= 4 is 15.9 Å². The number of hydrogen-bond donors (Lipinski definition) is 2. The van der Waals surface area contributed by atoms with Gasteiger partial charge in [0.2, 0.25) is 0 Å². The molecule has 0 amide bonds. The van der Waals surface area contributed by atoms with Crippen LogP contribution >= 0.6 is 15.9 Å². The van der Waals surface area contributed by atoms with Crippen LogP contribution in [0.3, 0.4) is 0 Å². The Morgan fingerprint density at radius 2 is 1.71 bits per heavy atom. The smallest absolute Gasteiger partial charge is 0.0564 e. The quantitative estimate of drug-likeness (QED) is 0.747. The van der Waals surface area contributed by atoms with E-state index in [-0.39, 0.29) is 6.10 Å². The molecule has 2 nitrogen and oxygen atoms in total. The van der Waals surface area contributed by atoms with E-state index in [2.05, 4.69) is 21.2 Å². The molecule has 1 aromatic rings. The minimum atomic E-state index is -0.0266. The SMILES string of the molecule is Brc1ccccc1.OC1CCNCC1. The van der Waals surface area contributed by atoms with Crippen LogP contribution in [0.4, 0.5) is 0 Å². The van der Waals surface area contributed by atoms with Crippen molar-refractivity contribution in [3.05, 3.63) is 34.8 Å². The maximum absolute atomic E-state index is 8.87. The van der Waals surface area contributed by atoms with E-state index < -0.39 is 0 Å². The standard InChI is InChI=1S/C6H5Br.C5H11NO/c7-6-4-2-1-3-5-6;7-5-1-3-6-4-2-5/h1-5H;5-7H,1-4H2. The van der Waals surface area contributed by atoms with Crippen LogP contribution in [0.1, 0.15) is 12.8 Å². The summed E-state index contributed by atoms with van der Waals surface area (Å²) >= 11 is 3.31. The number of piperidine rings is 1. The second kappa shape index (κ2) is 6.98. The van der Waals surface area contributed by atoms with Gasteiger partial charge in [0.1, 0.15) is 0 Å². The largest absolute Gasteiger partial charge is 0.393 e. The van der Waals surface area contributed by atoms with Gasteiger partial charge < -0.3 is 10.4 Å². The first-order chi connectivity index (χ1) is 6.79. The summed E-state index contributed by atoms with van der Waals surface area (Å²) in [7, 11) is 0. The van der Waals surface area contributed by atoms with Crippen LogP contribution in [0.5, 0.6) is 0 Å². The molecule has 1 aromatic carbocycles. The third-order valence-corrected chi connectivity index (χ3v) is 2.57. The highest BCUT2D eigenvalue weighted by Crippen LogP contribution is 2.05. The summed E-state index contributed by atoms with van der Waals surface area (Å²) in [4.78, 5) is 0. The molecule has 0 unspecified atom stereocenters. The maximum atomic E-state index is 8.87. The van der Waals surface area contributed by atoms with Gasteiger partial charge in [-0.1, -0.05) is 34.1 Å². The van der Waals surface area contributed by atoms with Crippen LogP contribution in [0.15, 0.2) is 34.8 Å². The van der Waals surface area contributed by atoms with Crippen molar-refractivity contribution in [3.8, 4) is 0 Å². The van der Waals surface area contributed by atoms with Gasteiger partial charge >= 0.3 is 0 Å². The van der Waals surface area contributed by atoms with Crippen LogP contribution in [-0.4, -0.2) is 24.3 Å². The summed E-state index contributed by atoms with van der Waals surface area (Å²) in [5, 5.41) is 12.0. The third kappa shape index (κ3) is 5.37. The molecule has 2 N–H and O–H groups in total. The Kier molecular flexibility index (Phi) is 5.83. The normalized spacial score (nSPS) is 17.0. The Balaban J connectivity index is 0.000000140. The predicted octanol–water partition coefficient (Wildman–Crippen LogP) is 2.18. The Labute approximate surface area is 93.5 Å². The van der Waals surface area contributed by atoms with Gasteiger partial charge in [-0.15, -0.1) is 0 Å². The predicted molar refractivity (Wildman–Crippen MR) is 62.3 cm³/mol. The van der Waals surface area contributed by atoms with E-state index in [0.717, 1.165) is 30.4 Å². The topological polar surface area (TPSA) is 32.3 Å². The third-order valence-electron chi connectivity index (χ3n) is 2.04. The lowest BCUT2D eigenvalue weighted by atomic mass is 10.1. The summed E-state index contributed by atoms with van der Waals surface area (Å²) in [6, 6.07) is 9.97. The second-order valence-electron chi connectivity index (χ2n) is 3.28. The van der Waals surface area contributed by atoms with Crippen LogP contribution in [0, 0.1) is 0 Å². The van der Waals surface area contributed by atoms with Crippen LogP contribution in [0.2, 0.25) is 0 Å². The molecule has 0 aromatic heterocycles. The molecule has 0 aliphatic carbocycles. The van der Waals surface area contributed by atoms with Crippen molar-refractivity contribution in [2.75, 3.05) is 13.1 Å². The van der Waals surface area contributed by atoms with Gasteiger partial charge in [0.05, 0.1) is 6.10 Å². The highest BCUT2D eigenvalue weighted by Gasteiger charge is 2.06. The van der Waals surface area contributed by atoms with E-state index in [1.54, 1.807) is 0 Å². The molecular formula is C11H16BrNO. The fraction of sp³-hybridized carbons (Fsp3) is 0.455. The average Bonchev–Trinajstić information content (AvgIpc) is 2.21. The molecule has 1 fully saturated rings. The molecule has 3 heteroatoms. The number of hydrogen-bond acceptors (Lipinski definition) is 2. The Morgan fingerprint density at radius 3 is 2.00 bits per heavy atom. The molecule has 0 saturated carbocycles. The van der Waals surface area contributed by atoms with Gasteiger partial charge in [-0.2, -0.15) is 0 Å². The Morgan fingerprint density at radius 1 is 1.14 bits per heavy atom. The van der Waals surface area contributed by atoms with E-state index in [0.29, 0.717) is 0 Å². The first-order valence-electron chi connectivity index (χ1n) is 4.88. The lowest BCUT2D eigenvalue weighted by molar-refractivity contribution is 0.137. The van der Waals surface area contributed by atoms with Crippen molar-refractivity contribution in [2.45, 2.75) is 18.9 Å². The number of aliphatic hydroxyl groups excluding tert-OH is 1. The molecule has 78 valence electrons. The maximum Gasteiger partial charge on any atom is 0.0564 e. The summed E-state index contributed by atoms with van der Waals surface area (Å²) in [5.41, 5.74) is 0. The number of rotatable bonds is 0. The molecule has 1 aliphatic rings. The van der Waals surface area contributed by atoms with E-state index in [1.807, 2.05) is 30.3 Å². The van der Waals surface area contributed by atoms with Crippen molar-refractivity contribution in [2.24, 2.45) is 0 Å². The van der Waals surface area contributed by atoms with E-state index in [4.69, 9.17) is 5.11 Å². The fourth-order valence-corrected chi connectivity index (χ4v) is 1.53. The second-order valence-corrected chi connectivity index (χ2v) is 4.19. The molecular weight excluding hydrogens is 242 g/mol. The van der Waals surface area contributed by atoms with Gasteiger partial charge in [-0.3, -0.25) is 0 Å². The molecule has 1 heterocycles. The number of nitrogens with one attached hydrogen (secondary N) is 1. The summed E-state index contributed by atoms with van der Waals surface area (Å²) < 4.78 is 1.13. The van der Waals surface area contributed by atoms with Gasteiger partial charge in [-0.05, 0) is 38.1 Å². The van der Waals surface area contributed by atoms with E-state index >= 15 is 0 Å². The minimum Gasteiger partial charge on any atom is -0.393 e. The van der Waals surface area contributed by atoms with Gasteiger partial charge in [0.25, 0.3) is 0 Å². The minimum absolute atomic E-state index is 0.0266. The first kappa shape index (κ1) is 11.7. The summed E-state index contributed by atoms with van der Waals surface area (Å²) in [5.74, 6) is 0. The monoisotopic (exact) mass is 257 g/mol. The van der Waals surface area contributed by atoms with Crippen molar-refractivity contribution in [1.29, 1.82) is 0 Å². The van der Waals surface area contributed by atoms with E-state index in [9.17, 15) is 0 Å². The van der Waals surface area contributed by atoms with E-state index in [1.165, 1.54) is 0 Å². The van der Waals surface area contributed by atoms with Crippen molar-refractivity contribution in [3.63, 3.8) is 0 Å². The summed E-state index contributed by atoms with van der Waals surface area (Å²) in [6.07, 6.45) is 1.83. The fourth-order valence-electron chi connectivity index (χ4n) is 1.22. The molecule has 2 rings (SSSR count). The van der Waals surface area contributed by atoms with Crippen LogP contribution < -0.4 is 5.32 Å². The molecule has 14 heavy (non-hydrogen) atoms. The lowest BCUT2D eigenvalue weighted by Crippen LogP contribution is -2.30. The van der Waals surface area contributed by atoms with Crippen LogP contribution in [0.25, 0.3) is 0 Å². The molecule has 1 saturated heterocycles. The molecule has 0 bridgehead atoms. The zero-order chi connectivity index (χ0) is 10.2. The number of benzene rings is 1. The molecule has 0 spiro atoms. The molecule has 0 radical (unpaired) electrons. The highest BCUT2D eigenvalue weighted by atomic mass is 79.9. The summed E-state index contributed by atoms with van der Waals surface area (Å²) in [6.45, 7) is 1.97.